The number of hydrogen-bond donors (Lipinski definition) is 1. The number of carbonyl (C=O) groups excluding carboxylic acids is 1. The van der Waals surface area contributed by atoms with E-state index in [1.807, 2.05) is 18.2 Å². The largest absolute Gasteiger partial charge is 0.460 e. The second kappa shape index (κ2) is 5.32. The minimum atomic E-state index is -0.564. The summed E-state index contributed by atoms with van der Waals surface area (Å²) in [5, 5.41) is 7.02. The molecular formula is C14H15N3O3. The van der Waals surface area contributed by atoms with Gasteiger partial charge in [0, 0.05) is 17.8 Å². The lowest BCUT2D eigenvalue weighted by molar-refractivity contribution is 0.0508. The summed E-state index contributed by atoms with van der Waals surface area (Å²) in [4.78, 5) is 15.7. The van der Waals surface area contributed by atoms with Crippen LogP contribution in [-0.4, -0.2) is 29.3 Å². The lowest BCUT2D eigenvalue weighted by atomic mass is 9.97. The van der Waals surface area contributed by atoms with Crippen LogP contribution in [0.1, 0.15) is 29.5 Å². The summed E-state index contributed by atoms with van der Waals surface area (Å²) in [7, 11) is 0. The second-order valence-electron chi connectivity index (χ2n) is 4.51. The highest BCUT2D eigenvalue weighted by Gasteiger charge is 2.20. The fourth-order valence-corrected chi connectivity index (χ4v) is 2.32. The number of hydrogen-bond acceptors (Lipinski definition) is 6. The van der Waals surface area contributed by atoms with Gasteiger partial charge >= 0.3 is 5.97 Å². The second-order valence-corrected chi connectivity index (χ2v) is 4.51. The highest BCUT2D eigenvalue weighted by Crippen LogP contribution is 2.31. The van der Waals surface area contributed by atoms with Crippen molar-refractivity contribution in [1.82, 2.24) is 10.1 Å². The highest BCUT2D eigenvalue weighted by atomic mass is 16.5. The van der Waals surface area contributed by atoms with Crippen LogP contribution in [0.5, 0.6) is 0 Å². The minimum absolute atomic E-state index is 0.0387. The van der Waals surface area contributed by atoms with Crippen molar-refractivity contribution in [2.24, 2.45) is 0 Å². The monoisotopic (exact) mass is 273 g/mol. The van der Waals surface area contributed by atoms with Gasteiger partial charge in [-0.2, -0.15) is 4.98 Å². The van der Waals surface area contributed by atoms with E-state index in [1.54, 1.807) is 6.92 Å². The van der Waals surface area contributed by atoms with E-state index in [0.717, 1.165) is 36.2 Å². The average Bonchev–Trinajstić information content (AvgIpc) is 2.97. The maximum absolute atomic E-state index is 11.6. The molecule has 3 rings (SSSR count). The predicted octanol–water partition coefficient (Wildman–Crippen LogP) is 2.27. The fraction of sp³-hybridized carbons (Fsp3) is 0.357. The molecule has 0 amide bonds. The van der Waals surface area contributed by atoms with E-state index >= 15 is 0 Å². The standard InChI is InChI=1S/C14H15N3O3/c1-2-19-14(18)12-16-13(20-17-12)10-5-3-7-11-9(10)6-4-8-15-11/h3,5,7,15H,2,4,6,8H2,1H3. The van der Waals surface area contributed by atoms with Gasteiger partial charge in [-0.3, -0.25) is 0 Å². The molecule has 1 aliphatic heterocycles. The summed E-state index contributed by atoms with van der Waals surface area (Å²) in [6.07, 6.45) is 2.01. The molecule has 0 spiro atoms. The third-order valence-corrected chi connectivity index (χ3v) is 3.21. The molecular weight excluding hydrogens is 258 g/mol. The SMILES string of the molecule is CCOC(=O)c1noc(-c2cccc3c2CCCN3)n1. The van der Waals surface area contributed by atoms with Gasteiger partial charge in [0.05, 0.1) is 6.61 Å². The Morgan fingerprint density at radius 3 is 3.25 bits per heavy atom. The van der Waals surface area contributed by atoms with Gasteiger partial charge < -0.3 is 14.6 Å². The Balaban J connectivity index is 1.96. The number of ether oxygens (including phenoxy) is 1. The molecule has 104 valence electrons. The smallest absolute Gasteiger partial charge is 0.379 e. The Morgan fingerprint density at radius 2 is 2.40 bits per heavy atom. The molecule has 6 heteroatoms. The molecule has 1 aromatic carbocycles. The summed E-state index contributed by atoms with van der Waals surface area (Å²) in [5.41, 5.74) is 3.11. The van der Waals surface area contributed by atoms with Crippen LogP contribution in [0, 0.1) is 0 Å². The zero-order valence-electron chi connectivity index (χ0n) is 11.2. The Labute approximate surface area is 116 Å². The van der Waals surface area contributed by atoms with Crippen LogP contribution >= 0.6 is 0 Å². The summed E-state index contributed by atoms with van der Waals surface area (Å²) in [6.45, 7) is 2.99. The summed E-state index contributed by atoms with van der Waals surface area (Å²) >= 11 is 0. The molecule has 1 N–H and O–H groups in total. The number of rotatable bonds is 3. The van der Waals surface area contributed by atoms with E-state index < -0.39 is 5.97 Å². The van der Waals surface area contributed by atoms with E-state index in [1.165, 1.54) is 0 Å². The first-order valence-corrected chi connectivity index (χ1v) is 6.66. The van der Waals surface area contributed by atoms with Gasteiger partial charge in [-0.15, -0.1) is 0 Å². The van der Waals surface area contributed by atoms with Gasteiger partial charge in [0.2, 0.25) is 0 Å². The highest BCUT2D eigenvalue weighted by molar-refractivity contribution is 5.85. The van der Waals surface area contributed by atoms with Crippen molar-refractivity contribution >= 4 is 11.7 Å². The van der Waals surface area contributed by atoms with Crippen molar-refractivity contribution in [3.63, 3.8) is 0 Å². The molecule has 1 aromatic heterocycles. The van der Waals surface area contributed by atoms with Crippen LogP contribution in [0.25, 0.3) is 11.5 Å². The van der Waals surface area contributed by atoms with Crippen molar-refractivity contribution in [2.75, 3.05) is 18.5 Å². The molecule has 0 bridgehead atoms. The lowest BCUT2D eigenvalue weighted by Gasteiger charge is -2.19. The van der Waals surface area contributed by atoms with Gasteiger partial charge in [-0.1, -0.05) is 6.07 Å². The lowest BCUT2D eigenvalue weighted by Crippen LogP contribution is -2.12. The van der Waals surface area contributed by atoms with E-state index in [4.69, 9.17) is 9.26 Å². The number of nitrogens with zero attached hydrogens (tertiary/aromatic N) is 2. The van der Waals surface area contributed by atoms with Crippen molar-refractivity contribution in [3.8, 4) is 11.5 Å². The molecule has 6 nitrogen and oxygen atoms in total. The minimum Gasteiger partial charge on any atom is -0.460 e. The normalized spacial score (nSPS) is 13.4. The van der Waals surface area contributed by atoms with Gasteiger partial charge in [-0.25, -0.2) is 4.79 Å². The van der Waals surface area contributed by atoms with Gasteiger partial charge in [0.1, 0.15) is 0 Å². The van der Waals surface area contributed by atoms with E-state index in [9.17, 15) is 4.79 Å². The Kier molecular flexibility index (Phi) is 3.37. The molecule has 2 heterocycles. The van der Waals surface area contributed by atoms with Crippen LogP contribution < -0.4 is 5.32 Å². The molecule has 0 unspecified atom stereocenters. The summed E-state index contributed by atoms with van der Waals surface area (Å²) in [5.74, 6) is -0.248. The molecule has 2 aromatic rings. The quantitative estimate of drug-likeness (QED) is 0.864. The summed E-state index contributed by atoms with van der Waals surface area (Å²) < 4.78 is 10.0. The molecule has 0 saturated carbocycles. The Morgan fingerprint density at radius 1 is 1.50 bits per heavy atom. The van der Waals surface area contributed by atoms with Crippen molar-refractivity contribution < 1.29 is 14.1 Å². The molecule has 0 atom stereocenters. The van der Waals surface area contributed by atoms with Crippen LogP contribution in [0.15, 0.2) is 22.7 Å². The zero-order chi connectivity index (χ0) is 13.9. The van der Waals surface area contributed by atoms with Crippen LogP contribution in [0.4, 0.5) is 5.69 Å². The van der Waals surface area contributed by atoms with Crippen molar-refractivity contribution in [2.45, 2.75) is 19.8 Å². The number of fused-ring (bicyclic) bond motifs is 1. The molecule has 20 heavy (non-hydrogen) atoms. The molecule has 1 aliphatic rings. The zero-order valence-corrected chi connectivity index (χ0v) is 11.2. The maximum atomic E-state index is 11.6. The maximum Gasteiger partial charge on any atom is 0.379 e. The average molecular weight is 273 g/mol. The van der Waals surface area contributed by atoms with E-state index in [-0.39, 0.29) is 12.4 Å². The van der Waals surface area contributed by atoms with Gasteiger partial charge in [-0.05, 0) is 42.6 Å². The van der Waals surface area contributed by atoms with Crippen LogP contribution in [-0.2, 0) is 11.2 Å². The third-order valence-electron chi connectivity index (χ3n) is 3.21. The molecule has 0 saturated heterocycles. The number of esters is 1. The number of benzene rings is 1. The first-order chi connectivity index (χ1) is 9.79. The van der Waals surface area contributed by atoms with Crippen LogP contribution in [0.2, 0.25) is 0 Å². The predicted molar refractivity (Wildman–Crippen MR) is 72.5 cm³/mol. The number of nitrogens with one attached hydrogen (secondary N) is 1. The molecule has 0 radical (unpaired) electrons. The van der Waals surface area contributed by atoms with Gasteiger partial charge in [0.25, 0.3) is 11.7 Å². The Hall–Kier alpha value is -2.37. The summed E-state index contributed by atoms with van der Waals surface area (Å²) in [6, 6.07) is 5.88. The molecule has 0 fully saturated rings. The van der Waals surface area contributed by atoms with Gasteiger partial charge in [0.15, 0.2) is 0 Å². The number of carbonyl (C=O) groups is 1. The van der Waals surface area contributed by atoms with Crippen LogP contribution in [0.3, 0.4) is 0 Å². The van der Waals surface area contributed by atoms with E-state index in [0.29, 0.717) is 5.89 Å². The first kappa shape index (κ1) is 12.7. The van der Waals surface area contributed by atoms with Crippen molar-refractivity contribution in [3.05, 3.63) is 29.6 Å². The third kappa shape index (κ3) is 2.24. The number of anilines is 1. The fourth-order valence-electron chi connectivity index (χ4n) is 2.32. The first-order valence-electron chi connectivity index (χ1n) is 6.66. The molecule has 0 aliphatic carbocycles. The van der Waals surface area contributed by atoms with E-state index in [2.05, 4.69) is 15.5 Å². The Bertz CT molecular complexity index is 636. The number of aromatic nitrogens is 2. The van der Waals surface area contributed by atoms with Crippen molar-refractivity contribution in [1.29, 1.82) is 0 Å². The topological polar surface area (TPSA) is 77.2 Å².